The van der Waals surface area contributed by atoms with Crippen molar-refractivity contribution in [1.29, 1.82) is 0 Å². The van der Waals surface area contributed by atoms with E-state index >= 15 is 0 Å². The number of unbranched alkanes of at least 4 members (excludes halogenated alkanes) is 56. The van der Waals surface area contributed by atoms with Crippen molar-refractivity contribution in [2.75, 3.05) is 40.9 Å². The highest BCUT2D eigenvalue weighted by molar-refractivity contribution is 7.45. The zero-order valence-electron chi connectivity index (χ0n) is 57.4. The van der Waals surface area contributed by atoms with Gasteiger partial charge in [-0.3, -0.25) is 9.36 Å². The number of carbonyl (C=O) groups excluding carboxylic acids is 1. The number of likely N-dealkylation sites (N-methyl/N-ethyl adjacent to an activating group) is 1. The second-order valence-corrected chi connectivity index (χ2v) is 28.8. The van der Waals surface area contributed by atoms with Crippen molar-refractivity contribution in [3.8, 4) is 0 Å². The van der Waals surface area contributed by atoms with Crippen LogP contribution < -0.4 is 10.2 Å². The van der Waals surface area contributed by atoms with Gasteiger partial charge in [0.25, 0.3) is 7.82 Å². The molecule has 0 fully saturated rings. The molecule has 8 nitrogen and oxygen atoms in total. The summed E-state index contributed by atoms with van der Waals surface area (Å²) >= 11 is 0. The number of quaternary nitrogens is 1. The molecule has 500 valence electrons. The van der Waals surface area contributed by atoms with E-state index in [4.69, 9.17) is 9.05 Å². The van der Waals surface area contributed by atoms with Gasteiger partial charge in [-0.05, 0) is 44.9 Å². The lowest BCUT2D eigenvalue weighted by Crippen LogP contribution is -2.45. The molecule has 0 saturated carbocycles. The highest BCUT2D eigenvalue weighted by Crippen LogP contribution is 2.38. The molecule has 0 aromatic heterocycles. The molecular weight excluding hydrogens is 1060 g/mol. The fourth-order valence-corrected chi connectivity index (χ4v) is 12.5. The average Bonchev–Trinajstić information content (AvgIpc) is 3.56. The number of amides is 1. The van der Waals surface area contributed by atoms with Crippen LogP contribution in [-0.4, -0.2) is 68.5 Å². The molecule has 0 heterocycles. The zero-order chi connectivity index (χ0) is 61.2. The Hall–Kier alpha value is -1.02. The van der Waals surface area contributed by atoms with Gasteiger partial charge in [0.05, 0.1) is 39.9 Å². The number of nitrogens with zero attached hydrogens (tertiary/aromatic N) is 1. The lowest BCUT2D eigenvalue weighted by atomic mass is 10.0. The third kappa shape index (κ3) is 68.5. The maximum atomic E-state index is 13.1. The van der Waals surface area contributed by atoms with Gasteiger partial charge in [-0.25, -0.2) is 0 Å². The first-order valence-corrected chi connectivity index (χ1v) is 39.2. The van der Waals surface area contributed by atoms with Crippen LogP contribution in [0.25, 0.3) is 0 Å². The zero-order valence-corrected chi connectivity index (χ0v) is 58.3. The molecule has 0 bridgehead atoms. The SMILES string of the molecule is CCCCCCCCCCCCCCCCCC/C=C\CCCCCCCCCCCCCCCCCCCC(=O)NC(COP(=O)([O-])OCC[N+](C)(C)C)C(O)/C=C/CCCCCCCCCCCCCCCCCCCCCCCCC. The Balaban J connectivity index is 3.96. The minimum Gasteiger partial charge on any atom is -0.756 e. The largest absolute Gasteiger partial charge is 0.756 e. The van der Waals surface area contributed by atoms with E-state index in [2.05, 4.69) is 31.3 Å². The highest BCUT2D eigenvalue weighted by atomic mass is 31.2. The van der Waals surface area contributed by atoms with Crippen molar-refractivity contribution >= 4 is 13.7 Å². The summed E-state index contributed by atoms with van der Waals surface area (Å²) in [7, 11) is 1.28. The van der Waals surface area contributed by atoms with Gasteiger partial charge in [-0.15, -0.1) is 0 Å². The highest BCUT2D eigenvalue weighted by Gasteiger charge is 2.23. The average molecular weight is 1210 g/mol. The Morgan fingerprint density at radius 3 is 0.929 bits per heavy atom. The molecule has 0 aliphatic heterocycles. The van der Waals surface area contributed by atoms with E-state index in [1.807, 2.05) is 27.2 Å². The topological polar surface area (TPSA) is 108 Å². The standard InChI is InChI=1S/C75H149N2O6P/c1-6-8-10-12-14-16-18-20-22-24-26-28-30-32-33-34-35-36-37-38-39-40-41-42-43-45-47-49-51-53-55-57-59-61-63-65-67-69-75(79)76-73(72-83-84(80,81)82-71-70-77(3,4)5)74(78)68-66-64-62-60-58-56-54-52-50-48-46-44-31-29-27-25-23-21-19-17-15-13-11-9-7-2/h36-37,66,68,73-74,78H,6-35,38-65,67,69-72H2,1-5H3,(H-,76,79,80,81)/b37-36-,68-66+. The number of nitrogens with one attached hydrogen (secondary N) is 1. The molecule has 0 aliphatic rings. The number of hydrogen-bond acceptors (Lipinski definition) is 6. The van der Waals surface area contributed by atoms with Crippen LogP contribution in [0, 0.1) is 0 Å². The van der Waals surface area contributed by atoms with Crippen molar-refractivity contribution in [3.63, 3.8) is 0 Å². The summed E-state index contributed by atoms with van der Waals surface area (Å²) < 4.78 is 23.5. The van der Waals surface area contributed by atoms with E-state index in [9.17, 15) is 19.4 Å². The van der Waals surface area contributed by atoms with Crippen LogP contribution >= 0.6 is 7.82 Å². The van der Waals surface area contributed by atoms with Gasteiger partial charge in [0.1, 0.15) is 13.2 Å². The summed E-state index contributed by atoms with van der Waals surface area (Å²) in [4.78, 5) is 25.7. The number of phosphoric ester groups is 1. The van der Waals surface area contributed by atoms with Crippen molar-refractivity contribution in [3.05, 3.63) is 24.3 Å². The van der Waals surface area contributed by atoms with Crippen LogP contribution in [0.2, 0.25) is 0 Å². The lowest BCUT2D eigenvalue weighted by Gasteiger charge is -2.29. The summed E-state index contributed by atoms with van der Waals surface area (Å²) in [6.45, 7) is 4.72. The molecule has 9 heteroatoms. The van der Waals surface area contributed by atoms with E-state index in [1.165, 1.54) is 340 Å². The quantitative estimate of drug-likeness (QED) is 0.0272. The molecule has 3 unspecified atom stereocenters. The molecule has 0 spiro atoms. The fraction of sp³-hybridized carbons (Fsp3) is 0.933. The number of allylic oxidation sites excluding steroid dienone is 3. The van der Waals surface area contributed by atoms with E-state index in [1.54, 1.807) is 6.08 Å². The maximum Gasteiger partial charge on any atom is 0.268 e. The molecule has 0 aromatic carbocycles. The second kappa shape index (κ2) is 66.4. The van der Waals surface area contributed by atoms with Crippen LogP contribution in [0.4, 0.5) is 0 Å². The first kappa shape index (κ1) is 83.0. The van der Waals surface area contributed by atoms with Gasteiger partial charge in [0.2, 0.25) is 5.91 Å². The Morgan fingerprint density at radius 2 is 0.655 bits per heavy atom. The normalized spacial score (nSPS) is 13.7. The number of phosphoric acid groups is 1. The van der Waals surface area contributed by atoms with Crippen molar-refractivity contribution in [2.45, 2.75) is 411 Å². The molecule has 84 heavy (non-hydrogen) atoms. The number of hydrogen-bond donors (Lipinski definition) is 2. The van der Waals surface area contributed by atoms with Crippen LogP contribution in [0.15, 0.2) is 24.3 Å². The second-order valence-electron chi connectivity index (χ2n) is 27.4. The minimum absolute atomic E-state index is 0.00184. The molecule has 0 radical (unpaired) electrons. The summed E-state index contributed by atoms with van der Waals surface area (Å²) in [5.41, 5.74) is 0. The number of rotatable bonds is 71. The first-order chi connectivity index (χ1) is 41.0. The van der Waals surface area contributed by atoms with E-state index in [0.29, 0.717) is 17.4 Å². The monoisotopic (exact) mass is 1210 g/mol. The summed E-state index contributed by atoms with van der Waals surface area (Å²) in [5.74, 6) is -0.188. The third-order valence-corrected chi connectivity index (χ3v) is 18.6. The van der Waals surface area contributed by atoms with Crippen molar-refractivity contribution < 1.29 is 32.9 Å². The molecule has 0 rings (SSSR count). The molecule has 0 aromatic rings. The summed E-state index contributed by atoms with van der Waals surface area (Å²) in [6.07, 6.45) is 87.6. The van der Waals surface area contributed by atoms with Crippen LogP contribution in [0.1, 0.15) is 399 Å². The van der Waals surface area contributed by atoms with Gasteiger partial charge in [-0.2, -0.15) is 0 Å². The smallest absolute Gasteiger partial charge is 0.268 e. The molecular formula is C75H149N2O6P. The molecule has 2 N–H and O–H groups in total. The minimum atomic E-state index is -4.60. The van der Waals surface area contributed by atoms with Crippen molar-refractivity contribution in [2.24, 2.45) is 0 Å². The molecule has 0 aliphatic carbocycles. The lowest BCUT2D eigenvalue weighted by molar-refractivity contribution is -0.870. The molecule has 1 amide bonds. The fourth-order valence-electron chi connectivity index (χ4n) is 11.8. The van der Waals surface area contributed by atoms with Crippen LogP contribution in [0.5, 0.6) is 0 Å². The van der Waals surface area contributed by atoms with Crippen LogP contribution in [0.3, 0.4) is 0 Å². The van der Waals surface area contributed by atoms with E-state index < -0.39 is 20.0 Å². The van der Waals surface area contributed by atoms with Crippen molar-refractivity contribution in [1.82, 2.24) is 5.32 Å². The number of carbonyl (C=O) groups is 1. The number of aliphatic hydroxyl groups is 1. The van der Waals surface area contributed by atoms with Gasteiger partial charge in [0.15, 0.2) is 0 Å². The number of aliphatic hydroxyl groups excluding tert-OH is 1. The first-order valence-electron chi connectivity index (χ1n) is 37.7. The maximum absolute atomic E-state index is 13.1. The van der Waals surface area contributed by atoms with Gasteiger partial charge >= 0.3 is 0 Å². The Bertz CT molecular complexity index is 1420. The van der Waals surface area contributed by atoms with Crippen LogP contribution in [-0.2, 0) is 18.4 Å². The van der Waals surface area contributed by atoms with Gasteiger partial charge in [-0.1, -0.05) is 372 Å². The molecule has 3 atom stereocenters. The Morgan fingerprint density at radius 1 is 0.405 bits per heavy atom. The predicted molar refractivity (Wildman–Crippen MR) is 367 cm³/mol. The Kier molecular flexibility index (Phi) is 65.6. The van der Waals surface area contributed by atoms with E-state index in [0.717, 1.165) is 38.5 Å². The third-order valence-electron chi connectivity index (χ3n) is 17.7. The Labute approximate surface area is 525 Å². The summed E-state index contributed by atoms with van der Waals surface area (Å²) in [5, 5.41) is 14.0. The molecule has 0 saturated heterocycles. The van der Waals surface area contributed by atoms with Gasteiger partial charge < -0.3 is 28.8 Å². The summed E-state index contributed by atoms with van der Waals surface area (Å²) in [6, 6.07) is -0.886. The van der Waals surface area contributed by atoms with Gasteiger partial charge in [0, 0.05) is 6.42 Å². The van der Waals surface area contributed by atoms with E-state index in [-0.39, 0.29) is 19.1 Å². The predicted octanol–water partition coefficient (Wildman–Crippen LogP) is 23.6.